The molecule has 0 spiro atoms. The first kappa shape index (κ1) is 27.5. The number of nitrogens with zero attached hydrogens (tertiary/aromatic N) is 5. The fourth-order valence-corrected chi connectivity index (χ4v) is 7.39. The predicted molar refractivity (Wildman–Crippen MR) is 164 cm³/mol. The van der Waals surface area contributed by atoms with Gasteiger partial charge in [-0.2, -0.15) is 8.68 Å². The van der Waals surface area contributed by atoms with Crippen molar-refractivity contribution in [1.29, 1.82) is 0 Å². The molecule has 0 unspecified atom stereocenters. The van der Waals surface area contributed by atoms with Crippen molar-refractivity contribution in [2.75, 3.05) is 31.1 Å². The average Bonchev–Trinajstić information content (AvgIpc) is 3.65. The number of aryl methyl sites for hydroxylation is 2. The van der Waals surface area contributed by atoms with Crippen molar-refractivity contribution < 1.29 is 13.2 Å². The quantitative estimate of drug-likeness (QED) is 0.210. The number of thiazole rings is 1. The Kier molecular flexibility index (Phi) is 7.85. The van der Waals surface area contributed by atoms with Gasteiger partial charge in [-0.3, -0.25) is 0 Å². The summed E-state index contributed by atoms with van der Waals surface area (Å²) in [6.45, 7) is 5.92. The number of piperazine rings is 1. The van der Waals surface area contributed by atoms with Crippen LogP contribution in [0, 0.1) is 13.8 Å². The summed E-state index contributed by atoms with van der Waals surface area (Å²) < 4.78 is 38.6. The molecule has 0 saturated carbocycles. The van der Waals surface area contributed by atoms with E-state index in [2.05, 4.69) is 14.3 Å². The molecule has 2 aromatic heterocycles. The highest BCUT2D eigenvalue weighted by molar-refractivity contribution is 7.89. The van der Waals surface area contributed by atoms with Crippen LogP contribution in [-0.2, 0) is 16.4 Å². The molecule has 3 heterocycles. The van der Waals surface area contributed by atoms with Gasteiger partial charge < -0.3 is 9.64 Å². The molecule has 0 aliphatic carbocycles. The maximum Gasteiger partial charge on any atom is 0.243 e. The van der Waals surface area contributed by atoms with Crippen LogP contribution in [0.1, 0.15) is 22.0 Å². The number of anilines is 1. The molecular weight excluding hydrogens is 575 g/mol. The third-order valence-corrected chi connectivity index (χ3v) is 10.4. The molecule has 1 aliphatic heterocycles. The van der Waals surface area contributed by atoms with Gasteiger partial charge in [-0.25, -0.2) is 18.4 Å². The van der Waals surface area contributed by atoms with Crippen LogP contribution >= 0.6 is 22.9 Å². The smallest absolute Gasteiger partial charge is 0.243 e. The molecule has 1 fully saturated rings. The lowest BCUT2D eigenvalue weighted by molar-refractivity contribution is 0.384. The maximum absolute atomic E-state index is 13.3. The molecule has 0 N–H and O–H groups in total. The second-order valence-electron chi connectivity index (χ2n) is 9.90. The Morgan fingerprint density at radius 2 is 1.49 bits per heavy atom. The van der Waals surface area contributed by atoms with E-state index < -0.39 is 10.0 Å². The van der Waals surface area contributed by atoms with Crippen LogP contribution in [0.15, 0.2) is 83.1 Å². The summed E-state index contributed by atoms with van der Waals surface area (Å²) in [6.07, 6.45) is 0.617. The van der Waals surface area contributed by atoms with Crippen molar-refractivity contribution in [3.63, 3.8) is 0 Å². The van der Waals surface area contributed by atoms with Gasteiger partial charge in [0.1, 0.15) is 17.3 Å². The third kappa shape index (κ3) is 6.33. The van der Waals surface area contributed by atoms with Gasteiger partial charge in [-0.15, -0.1) is 11.3 Å². The van der Waals surface area contributed by atoms with E-state index in [1.54, 1.807) is 27.8 Å². The first-order valence-electron chi connectivity index (χ1n) is 13.3. The lowest BCUT2D eigenvalue weighted by atomic mass is 10.1. The zero-order chi connectivity index (χ0) is 28.4. The van der Waals surface area contributed by atoms with E-state index in [0.29, 0.717) is 37.5 Å². The standard InChI is InChI=1S/C30H29N5O3S3/c1-21-3-9-25(10-4-21)38-26-11-5-23(6-12-26)19-29-32-30(40-33-29)34-15-17-35(18-16-34)41(36,37)27-13-7-24(8-14-27)28-20-39-22(2)31-28/h3-14,20H,15-19H2,1-2H3. The first-order chi connectivity index (χ1) is 19.8. The summed E-state index contributed by atoms with van der Waals surface area (Å²) in [5.41, 5.74) is 4.07. The van der Waals surface area contributed by atoms with E-state index in [1.165, 1.54) is 17.1 Å². The highest BCUT2D eigenvalue weighted by Gasteiger charge is 2.29. The maximum atomic E-state index is 13.3. The minimum absolute atomic E-state index is 0.301. The Morgan fingerprint density at radius 1 is 0.829 bits per heavy atom. The lowest BCUT2D eigenvalue weighted by Crippen LogP contribution is -2.48. The topological polar surface area (TPSA) is 88.5 Å². The Morgan fingerprint density at radius 3 is 2.12 bits per heavy atom. The van der Waals surface area contributed by atoms with Gasteiger partial charge >= 0.3 is 0 Å². The molecule has 3 aromatic carbocycles. The molecule has 1 saturated heterocycles. The van der Waals surface area contributed by atoms with Gasteiger partial charge in [0.15, 0.2) is 0 Å². The van der Waals surface area contributed by atoms with Crippen LogP contribution < -0.4 is 9.64 Å². The number of ether oxygens (including phenoxy) is 1. The van der Waals surface area contributed by atoms with Crippen LogP contribution in [-0.4, -0.2) is 53.2 Å². The van der Waals surface area contributed by atoms with Gasteiger partial charge in [0.05, 0.1) is 15.6 Å². The van der Waals surface area contributed by atoms with Crippen molar-refractivity contribution in [3.05, 3.63) is 100 Å². The molecule has 1 aliphatic rings. The normalized spacial score (nSPS) is 14.3. The third-order valence-electron chi connectivity index (χ3n) is 6.92. The van der Waals surface area contributed by atoms with Crippen LogP contribution in [0.2, 0.25) is 0 Å². The van der Waals surface area contributed by atoms with E-state index in [0.717, 1.165) is 44.3 Å². The zero-order valence-electron chi connectivity index (χ0n) is 22.7. The van der Waals surface area contributed by atoms with E-state index in [1.807, 2.05) is 79.9 Å². The van der Waals surface area contributed by atoms with Crippen LogP contribution in [0.3, 0.4) is 0 Å². The molecule has 210 valence electrons. The SMILES string of the molecule is Cc1ccc(Oc2ccc(Cc3nsc(N4CCN(S(=O)(=O)c5ccc(-c6csc(C)n6)cc5)CC4)n3)cc2)cc1. The molecule has 41 heavy (non-hydrogen) atoms. The van der Waals surface area contributed by atoms with Crippen LogP contribution in [0.25, 0.3) is 11.3 Å². The van der Waals surface area contributed by atoms with Gasteiger partial charge in [0.25, 0.3) is 0 Å². The Hall–Kier alpha value is -3.64. The Labute approximate surface area is 248 Å². The van der Waals surface area contributed by atoms with Crippen LogP contribution in [0.4, 0.5) is 5.13 Å². The van der Waals surface area contributed by atoms with Crippen molar-refractivity contribution in [3.8, 4) is 22.8 Å². The average molecular weight is 604 g/mol. The van der Waals surface area contributed by atoms with E-state index in [9.17, 15) is 8.42 Å². The summed E-state index contributed by atoms with van der Waals surface area (Å²) >= 11 is 2.93. The summed E-state index contributed by atoms with van der Waals surface area (Å²) in [5, 5.41) is 3.78. The summed E-state index contributed by atoms with van der Waals surface area (Å²) in [4.78, 5) is 11.6. The predicted octanol–water partition coefficient (Wildman–Crippen LogP) is 6.17. The largest absolute Gasteiger partial charge is 0.457 e. The van der Waals surface area contributed by atoms with E-state index in [4.69, 9.17) is 9.72 Å². The molecule has 6 rings (SSSR count). The number of aromatic nitrogens is 3. The van der Waals surface area contributed by atoms with Gasteiger partial charge in [-0.1, -0.05) is 42.0 Å². The minimum atomic E-state index is -3.58. The monoisotopic (exact) mass is 603 g/mol. The Balaban J connectivity index is 1.03. The minimum Gasteiger partial charge on any atom is -0.457 e. The number of hydrogen-bond acceptors (Lipinski definition) is 9. The molecule has 0 bridgehead atoms. The molecule has 0 amide bonds. The molecule has 5 aromatic rings. The highest BCUT2D eigenvalue weighted by Crippen LogP contribution is 2.27. The molecule has 11 heteroatoms. The molecule has 8 nitrogen and oxygen atoms in total. The van der Waals surface area contributed by atoms with Crippen molar-refractivity contribution in [2.45, 2.75) is 25.2 Å². The van der Waals surface area contributed by atoms with E-state index >= 15 is 0 Å². The molecule has 0 radical (unpaired) electrons. The number of benzene rings is 3. The van der Waals surface area contributed by atoms with Gasteiger partial charge in [-0.05, 0) is 55.8 Å². The Bertz CT molecular complexity index is 1720. The van der Waals surface area contributed by atoms with Gasteiger partial charge in [0.2, 0.25) is 15.2 Å². The fourth-order valence-electron chi connectivity index (χ4n) is 4.61. The van der Waals surface area contributed by atoms with Gasteiger partial charge in [0, 0.05) is 55.1 Å². The summed E-state index contributed by atoms with van der Waals surface area (Å²) in [7, 11) is -3.58. The second kappa shape index (κ2) is 11.7. The molecular formula is C30H29N5O3S3. The van der Waals surface area contributed by atoms with Crippen molar-refractivity contribution >= 4 is 38.0 Å². The molecule has 0 atom stereocenters. The highest BCUT2D eigenvalue weighted by atomic mass is 32.2. The fraction of sp³-hybridized carbons (Fsp3) is 0.233. The van der Waals surface area contributed by atoms with E-state index in [-0.39, 0.29) is 0 Å². The number of rotatable bonds is 8. The first-order valence-corrected chi connectivity index (χ1v) is 16.4. The van der Waals surface area contributed by atoms with Crippen molar-refractivity contribution in [1.82, 2.24) is 18.6 Å². The summed E-state index contributed by atoms with van der Waals surface area (Å²) in [6, 6.07) is 22.9. The lowest BCUT2D eigenvalue weighted by Gasteiger charge is -2.33. The zero-order valence-corrected chi connectivity index (χ0v) is 25.2. The van der Waals surface area contributed by atoms with Crippen LogP contribution in [0.5, 0.6) is 11.5 Å². The summed E-state index contributed by atoms with van der Waals surface area (Å²) in [5.74, 6) is 2.34. The van der Waals surface area contributed by atoms with Crippen molar-refractivity contribution in [2.24, 2.45) is 0 Å². The number of hydrogen-bond donors (Lipinski definition) is 0. The number of sulfonamides is 1. The second-order valence-corrected chi connectivity index (χ2v) is 13.6.